The highest BCUT2D eigenvalue weighted by molar-refractivity contribution is 5.78. The van der Waals surface area contributed by atoms with Gasteiger partial charge >= 0.3 is 6.18 Å². The van der Waals surface area contributed by atoms with Crippen molar-refractivity contribution in [2.45, 2.75) is 32.0 Å². The van der Waals surface area contributed by atoms with E-state index >= 15 is 0 Å². The molecule has 1 heterocycles. The van der Waals surface area contributed by atoms with Crippen LogP contribution in [-0.2, 0) is 11.0 Å². The molecule has 0 saturated carbocycles. The van der Waals surface area contributed by atoms with Crippen molar-refractivity contribution in [1.82, 2.24) is 10.6 Å². The average Bonchev–Trinajstić information content (AvgIpc) is 2.51. The quantitative estimate of drug-likeness (QED) is 0.816. The fourth-order valence-electron chi connectivity index (χ4n) is 2.68. The van der Waals surface area contributed by atoms with Crippen LogP contribution in [0.4, 0.5) is 13.2 Å². The number of rotatable bonds is 5. The first-order valence-electron chi connectivity index (χ1n) is 7.68. The van der Waals surface area contributed by atoms with Crippen LogP contribution in [0.1, 0.15) is 25.3 Å². The van der Waals surface area contributed by atoms with E-state index in [4.69, 9.17) is 4.74 Å². The number of nitrogens with one attached hydrogen (secondary N) is 2. The molecule has 2 atom stereocenters. The molecular formula is C16H21F3N2O2. The zero-order valence-electron chi connectivity index (χ0n) is 13.0. The lowest BCUT2D eigenvalue weighted by molar-refractivity contribution is -0.139. The number of ether oxygens (including phenoxy) is 1. The van der Waals surface area contributed by atoms with E-state index < -0.39 is 11.7 Å². The monoisotopic (exact) mass is 330 g/mol. The smallest absolute Gasteiger partial charge is 0.419 e. The Balaban J connectivity index is 1.79. The third-order valence-corrected chi connectivity index (χ3v) is 3.85. The Kier molecular flexibility index (Phi) is 5.87. The second-order valence-electron chi connectivity index (χ2n) is 5.71. The molecule has 1 aromatic rings. The highest BCUT2D eigenvalue weighted by atomic mass is 19.4. The standard InChI is InChI=1S/C16H21F3N2O2/c1-11-10-12(6-7-20-11)15(22)21-8-9-23-14-5-3-2-4-13(14)16(17,18)19/h2-5,11-12,20H,6-10H2,1H3,(H,21,22)/t11-,12-/m0/s1. The maximum Gasteiger partial charge on any atom is 0.419 e. The van der Waals surface area contributed by atoms with Gasteiger partial charge in [-0.25, -0.2) is 0 Å². The summed E-state index contributed by atoms with van der Waals surface area (Å²) in [4.78, 5) is 12.0. The number of amides is 1. The maximum atomic E-state index is 12.8. The minimum absolute atomic E-state index is 0.000638. The van der Waals surface area contributed by atoms with Gasteiger partial charge in [-0.3, -0.25) is 4.79 Å². The van der Waals surface area contributed by atoms with E-state index in [-0.39, 0.29) is 30.7 Å². The maximum absolute atomic E-state index is 12.8. The van der Waals surface area contributed by atoms with Crippen LogP contribution in [-0.4, -0.2) is 31.6 Å². The van der Waals surface area contributed by atoms with Crippen molar-refractivity contribution in [3.05, 3.63) is 29.8 Å². The van der Waals surface area contributed by atoms with E-state index in [0.717, 1.165) is 25.5 Å². The molecule has 2 rings (SSSR count). The number of benzene rings is 1. The van der Waals surface area contributed by atoms with E-state index in [9.17, 15) is 18.0 Å². The summed E-state index contributed by atoms with van der Waals surface area (Å²) in [6.07, 6.45) is -2.91. The summed E-state index contributed by atoms with van der Waals surface area (Å²) < 4.78 is 43.6. The van der Waals surface area contributed by atoms with Crippen molar-refractivity contribution in [3.63, 3.8) is 0 Å². The van der Waals surface area contributed by atoms with Gasteiger partial charge in [0.05, 0.1) is 12.1 Å². The SMILES string of the molecule is C[C@H]1C[C@@H](C(=O)NCCOc2ccccc2C(F)(F)F)CCN1. The molecule has 1 aromatic carbocycles. The molecule has 1 aliphatic heterocycles. The molecule has 4 nitrogen and oxygen atoms in total. The molecule has 1 fully saturated rings. The average molecular weight is 330 g/mol. The molecule has 0 unspecified atom stereocenters. The summed E-state index contributed by atoms with van der Waals surface area (Å²) in [5, 5.41) is 5.99. The first-order chi connectivity index (χ1) is 10.9. The number of hydrogen-bond donors (Lipinski definition) is 2. The molecule has 0 radical (unpaired) electrons. The summed E-state index contributed by atoms with van der Waals surface area (Å²) in [5.41, 5.74) is -0.807. The van der Waals surface area contributed by atoms with Crippen LogP contribution in [0, 0.1) is 5.92 Å². The third-order valence-electron chi connectivity index (χ3n) is 3.85. The lowest BCUT2D eigenvalue weighted by Crippen LogP contribution is -2.43. The van der Waals surface area contributed by atoms with Crippen LogP contribution >= 0.6 is 0 Å². The largest absolute Gasteiger partial charge is 0.491 e. The molecule has 1 amide bonds. The summed E-state index contributed by atoms with van der Waals surface area (Å²) in [5.74, 6) is -0.329. The number of piperidine rings is 1. The minimum Gasteiger partial charge on any atom is -0.491 e. The van der Waals surface area contributed by atoms with Gasteiger partial charge in [0, 0.05) is 12.0 Å². The van der Waals surface area contributed by atoms with Crippen molar-refractivity contribution in [3.8, 4) is 5.75 Å². The number of carbonyl (C=O) groups excluding carboxylic acids is 1. The molecule has 1 saturated heterocycles. The first kappa shape index (κ1) is 17.6. The van der Waals surface area contributed by atoms with E-state index in [1.165, 1.54) is 18.2 Å². The van der Waals surface area contributed by atoms with E-state index in [0.29, 0.717) is 6.04 Å². The van der Waals surface area contributed by atoms with Gasteiger partial charge in [-0.15, -0.1) is 0 Å². The van der Waals surface area contributed by atoms with Crippen molar-refractivity contribution < 1.29 is 22.7 Å². The number of hydrogen-bond acceptors (Lipinski definition) is 3. The molecule has 7 heteroatoms. The Labute approximate surface area is 133 Å². The van der Waals surface area contributed by atoms with Crippen LogP contribution in [0.25, 0.3) is 0 Å². The Morgan fingerprint density at radius 1 is 1.39 bits per heavy atom. The minimum atomic E-state index is -4.45. The van der Waals surface area contributed by atoms with Crippen LogP contribution in [0.2, 0.25) is 0 Å². The molecule has 0 aromatic heterocycles. The highest BCUT2D eigenvalue weighted by Gasteiger charge is 2.34. The lowest BCUT2D eigenvalue weighted by Gasteiger charge is -2.27. The summed E-state index contributed by atoms with van der Waals surface area (Å²) >= 11 is 0. The van der Waals surface area contributed by atoms with Crippen LogP contribution in [0.15, 0.2) is 24.3 Å². The Morgan fingerprint density at radius 2 is 2.13 bits per heavy atom. The molecule has 2 N–H and O–H groups in total. The normalized spacial score (nSPS) is 21.7. The second-order valence-corrected chi connectivity index (χ2v) is 5.71. The number of carbonyl (C=O) groups is 1. The van der Waals surface area contributed by atoms with Gasteiger partial charge in [0.25, 0.3) is 0 Å². The van der Waals surface area contributed by atoms with Gasteiger partial charge in [-0.2, -0.15) is 13.2 Å². The zero-order valence-corrected chi connectivity index (χ0v) is 13.0. The number of halogens is 3. The fraction of sp³-hybridized carbons (Fsp3) is 0.562. The number of alkyl halides is 3. The number of para-hydroxylation sites is 1. The van der Waals surface area contributed by atoms with Crippen molar-refractivity contribution in [2.75, 3.05) is 19.7 Å². The Bertz CT molecular complexity index is 534. The third kappa shape index (κ3) is 5.13. The summed E-state index contributed by atoms with van der Waals surface area (Å²) in [7, 11) is 0. The molecule has 1 aliphatic rings. The zero-order chi connectivity index (χ0) is 16.9. The van der Waals surface area contributed by atoms with Crippen molar-refractivity contribution in [2.24, 2.45) is 5.92 Å². The van der Waals surface area contributed by atoms with Gasteiger partial charge in [-0.1, -0.05) is 12.1 Å². The van der Waals surface area contributed by atoms with Crippen LogP contribution < -0.4 is 15.4 Å². The van der Waals surface area contributed by atoms with Gasteiger partial charge in [0.2, 0.25) is 5.91 Å². The van der Waals surface area contributed by atoms with Crippen LogP contribution in [0.5, 0.6) is 5.75 Å². The Morgan fingerprint density at radius 3 is 2.83 bits per heavy atom. The van der Waals surface area contributed by atoms with Crippen LogP contribution in [0.3, 0.4) is 0 Å². The second kappa shape index (κ2) is 7.68. The predicted octanol–water partition coefficient (Wildman–Crippen LogP) is 2.59. The van der Waals surface area contributed by atoms with E-state index in [1.807, 2.05) is 6.92 Å². The highest BCUT2D eigenvalue weighted by Crippen LogP contribution is 2.35. The molecular weight excluding hydrogens is 309 g/mol. The van der Waals surface area contributed by atoms with Gasteiger partial charge < -0.3 is 15.4 Å². The molecule has 128 valence electrons. The first-order valence-corrected chi connectivity index (χ1v) is 7.68. The van der Waals surface area contributed by atoms with Gasteiger partial charge in [0.1, 0.15) is 12.4 Å². The summed E-state index contributed by atoms with van der Waals surface area (Å²) in [6, 6.07) is 5.35. The lowest BCUT2D eigenvalue weighted by atomic mass is 9.92. The van der Waals surface area contributed by atoms with E-state index in [1.54, 1.807) is 0 Å². The molecule has 0 bridgehead atoms. The Hall–Kier alpha value is -1.76. The van der Waals surface area contributed by atoms with Gasteiger partial charge in [0.15, 0.2) is 0 Å². The fourth-order valence-corrected chi connectivity index (χ4v) is 2.68. The summed E-state index contributed by atoms with van der Waals surface area (Å²) in [6.45, 7) is 3.01. The molecule has 0 spiro atoms. The molecule has 0 aliphatic carbocycles. The van der Waals surface area contributed by atoms with Gasteiger partial charge in [-0.05, 0) is 38.4 Å². The van der Waals surface area contributed by atoms with Crippen molar-refractivity contribution >= 4 is 5.91 Å². The molecule has 23 heavy (non-hydrogen) atoms. The van der Waals surface area contributed by atoms with Crippen molar-refractivity contribution in [1.29, 1.82) is 0 Å². The predicted molar refractivity (Wildman–Crippen MR) is 80.1 cm³/mol. The topological polar surface area (TPSA) is 50.4 Å². The van der Waals surface area contributed by atoms with E-state index in [2.05, 4.69) is 10.6 Å².